The molecule has 0 fully saturated rings. The maximum absolute atomic E-state index is 11.6. The van der Waals surface area contributed by atoms with Gasteiger partial charge in [0.15, 0.2) is 0 Å². The number of aromatic nitrogens is 1. The Hall–Kier alpha value is -2.06. The Morgan fingerprint density at radius 1 is 1.59 bits per heavy atom. The number of methoxy groups -OCH3 is 1. The average Bonchev–Trinajstić information content (AvgIpc) is 2.36. The van der Waals surface area contributed by atoms with E-state index in [0.29, 0.717) is 24.7 Å². The van der Waals surface area contributed by atoms with Crippen LogP contribution in [0.1, 0.15) is 10.4 Å². The second-order valence-corrected chi connectivity index (χ2v) is 3.11. The molecule has 90 valence electrons. The molecule has 0 bridgehead atoms. The van der Waals surface area contributed by atoms with Crippen molar-refractivity contribution in [1.82, 2.24) is 10.3 Å². The van der Waals surface area contributed by atoms with Gasteiger partial charge in [0.1, 0.15) is 6.61 Å². The highest BCUT2D eigenvalue weighted by Crippen LogP contribution is 2.09. The smallest absolute Gasteiger partial charge is 0.252 e. The molecule has 5 nitrogen and oxygen atoms in total. The number of carbonyl (C=O) groups excluding carboxylic acids is 1. The Kier molecular flexibility index (Phi) is 5.55. The van der Waals surface area contributed by atoms with Crippen molar-refractivity contribution in [2.75, 3.05) is 26.9 Å². The maximum atomic E-state index is 11.6. The van der Waals surface area contributed by atoms with Gasteiger partial charge in [-0.25, -0.2) is 4.98 Å². The van der Waals surface area contributed by atoms with E-state index in [2.05, 4.69) is 16.2 Å². The third kappa shape index (κ3) is 4.53. The summed E-state index contributed by atoms with van der Waals surface area (Å²) in [6.07, 6.45) is 6.56. The molecular weight excluding hydrogens is 220 g/mol. The van der Waals surface area contributed by atoms with Crippen LogP contribution in [0.25, 0.3) is 0 Å². The van der Waals surface area contributed by atoms with E-state index in [1.54, 1.807) is 19.2 Å². The van der Waals surface area contributed by atoms with E-state index in [0.717, 1.165) is 0 Å². The second-order valence-electron chi connectivity index (χ2n) is 3.11. The summed E-state index contributed by atoms with van der Waals surface area (Å²) in [5.74, 6) is 2.47. The van der Waals surface area contributed by atoms with Crippen molar-refractivity contribution in [3.05, 3.63) is 23.9 Å². The standard InChI is InChI=1S/C12H14N2O3/c1-3-5-14-12(15)10-4-6-13-11(9-10)17-8-7-16-2/h1,4,6,9H,5,7-8H2,2H3,(H,14,15). The molecule has 0 radical (unpaired) electrons. The summed E-state index contributed by atoms with van der Waals surface area (Å²) in [6.45, 7) is 1.05. The van der Waals surface area contributed by atoms with Gasteiger partial charge in [-0.3, -0.25) is 4.79 Å². The number of hydrogen-bond donors (Lipinski definition) is 1. The minimum atomic E-state index is -0.248. The van der Waals surface area contributed by atoms with E-state index in [1.807, 2.05) is 0 Å². The molecular formula is C12H14N2O3. The normalized spacial score (nSPS) is 9.41. The number of terminal acetylenes is 1. The summed E-state index contributed by atoms with van der Waals surface area (Å²) in [5.41, 5.74) is 0.461. The molecule has 0 aliphatic carbocycles. The number of hydrogen-bond acceptors (Lipinski definition) is 4. The van der Waals surface area contributed by atoms with E-state index < -0.39 is 0 Å². The molecule has 0 saturated carbocycles. The van der Waals surface area contributed by atoms with Gasteiger partial charge in [0.25, 0.3) is 5.91 Å². The van der Waals surface area contributed by atoms with Crippen molar-refractivity contribution in [2.45, 2.75) is 0 Å². The molecule has 0 aliphatic rings. The lowest BCUT2D eigenvalue weighted by Crippen LogP contribution is -2.23. The Morgan fingerprint density at radius 3 is 3.12 bits per heavy atom. The first kappa shape index (κ1) is 13.0. The second kappa shape index (κ2) is 7.25. The van der Waals surface area contributed by atoms with Gasteiger partial charge in [0.05, 0.1) is 13.2 Å². The third-order valence-corrected chi connectivity index (χ3v) is 1.89. The number of carbonyl (C=O) groups is 1. The zero-order valence-corrected chi connectivity index (χ0v) is 9.60. The number of nitrogens with one attached hydrogen (secondary N) is 1. The molecule has 17 heavy (non-hydrogen) atoms. The Bertz CT molecular complexity index is 412. The predicted molar refractivity (Wildman–Crippen MR) is 62.8 cm³/mol. The van der Waals surface area contributed by atoms with Crippen LogP contribution in [0.2, 0.25) is 0 Å². The number of nitrogens with zero attached hydrogens (tertiary/aromatic N) is 1. The van der Waals surface area contributed by atoms with Crippen molar-refractivity contribution in [3.63, 3.8) is 0 Å². The molecule has 0 aliphatic heterocycles. The first-order valence-electron chi connectivity index (χ1n) is 5.07. The van der Waals surface area contributed by atoms with Gasteiger partial charge in [-0.1, -0.05) is 5.92 Å². The molecule has 5 heteroatoms. The average molecular weight is 234 g/mol. The summed E-state index contributed by atoms with van der Waals surface area (Å²) in [5, 5.41) is 2.56. The van der Waals surface area contributed by atoms with E-state index in [-0.39, 0.29) is 12.5 Å². The highest BCUT2D eigenvalue weighted by Gasteiger charge is 2.06. The molecule has 0 atom stereocenters. The highest BCUT2D eigenvalue weighted by molar-refractivity contribution is 5.94. The molecule has 1 N–H and O–H groups in total. The number of rotatable bonds is 6. The Labute approximate surface area is 100 Å². The van der Waals surface area contributed by atoms with Gasteiger partial charge in [0, 0.05) is 24.9 Å². The predicted octanol–water partition coefficient (Wildman–Crippen LogP) is 0.470. The zero-order chi connectivity index (χ0) is 12.5. The minimum absolute atomic E-state index is 0.195. The Morgan fingerprint density at radius 2 is 2.41 bits per heavy atom. The van der Waals surface area contributed by atoms with Crippen LogP contribution < -0.4 is 10.1 Å². The lowest BCUT2D eigenvalue weighted by Gasteiger charge is -2.06. The first-order valence-corrected chi connectivity index (χ1v) is 5.07. The fourth-order valence-electron chi connectivity index (χ4n) is 1.09. The number of ether oxygens (including phenoxy) is 2. The molecule has 0 aromatic carbocycles. The van der Waals surface area contributed by atoms with Crippen molar-refractivity contribution >= 4 is 5.91 Å². The van der Waals surface area contributed by atoms with E-state index in [4.69, 9.17) is 15.9 Å². The van der Waals surface area contributed by atoms with Crippen LogP contribution in [0.4, 0.5) is 0 Å². The van der Waals surface area contributed by atoms with Crippen molar-refractivity contribution < 1.29 is 14.3 Å². The summed E-state index contributed by atoms with van der Waals surface area (Å²) < 4.78 is 10.1. The van der Waals surface area contributed by atoms with Crippen LogP contribution in [0.3, 0.4) is 0 Å². The molecule has 1 amide bonds. The van der Waals surface area contributed by atoms with Crippen LogP contribution in [-0.4, -0.2) is 37.8 Å². The lowest BCUT2D eigenvalue weighted by atomic mass is 10.2. The summed E-state index contributed by atoms with van der Waals surface area (Å²) >= 11 is 0. The summed E-state index contributed by atoms with van der Waals surface area (Å²) in [4.78, 5) is 15.5. The van der Waals surface area contributed by atoms with E-state index in [9.17, 15) is 4.79 Å². The largest absolute Gasteiger partial charge is 0.475 e. The quantitative estimate of drug-likeness (QED) is 0.574. The zero-order valence-electron chi connectivity index (χ0n) is 9.60. The molecule has 0 saturated heterocycles. The highest BCUT2D eigenvalue weighted by atomic mass is 16.5. The van der Waals surface area contributed by atoms with Crippen LogP contribution in [0.15, 0.2) is 18.3 Å². The summed E-state index contributed by atoms with van der Waals surface area (Å²) in [7, 11) is 1.58. The van der Waals surface area contributed by atoms with Crippen molar-refractivity contribution in [2.24, 2.45) is 0 Å². The van der Waals surface area contributed by atoms with Crippen LogP contribution in [0, 0.1) is 12.3 Å². The SMILES string of the molecule is C#CCNC(=O)c1ccnc(OCCOC)c1. The third-order valence-electron chi connectivity index (χ3n) is 1.89. The van der Waals surface area contributed by atoms with Crippen LogP contribution in [-0.2, 0) is 4.74 Å². The topological polar surface area (TPSA) is 60.5 Å². The monoisotopic (exact) mass is 234 g/mol. The Balaban J connectivity index is 2.59. The van der Waals surface area contributed by atoms with Gasteiger partial charge in [-0.05, 0) is 6.07 Å². The van der Waals surface area contributed by atoms with Crippen molar-refractivity contribution in [1.29, 1.82) is 0 Å². The molecule has 1 aromatic rings. The molecule has 0 spiro atoms. The molecule has 1 heterocycles. The fraction of sp³-hybridized carbons (Fsp3) is 0.333. The summed E-state index contributed by atoms with van der Waals surface area (Å²) in [6, 6.07) is 3.15. The van der Waals surface area contributed by atoms with Gasteiger partial charge in [-0.2, -0.15) is 0 Å². The van der Waals surface area contributed by atoms with Crippen molar-refractivity contribution in [3.8, 4) is 18.2 Å². The van der Waals surface area contributed by atoms with Gasteiger partial charge in [-0.15, -0.1) is 6.42 Å². The molecule has 1 rings (SSSR count). The van der Waals surface area contributed by atoms with Gasteiger partial charge >= 0.3 is 0 Å². The number of pyridine rings is 1. The molecule has 0 unspecified atom stereocenters. The fourth-order valence-corrected chi connectivity index (χ4v) is 1.09. The molecule has 1 aromatic heterocycles. The lowest BCUT2D eigenvalue weighted by molar-refractivity contribution is 0.0957. The van der Waals surface area contributed by atoms with E-state index in [1.165, 1.54) is 6.20 Å². The van der Waals surface area contributed by atoms with Gasteiger partial charge < -0.3 is 14.8 Å². The minimum Gasteiger partial charge on any atom is -0.475 e. The van der Waals surface area contributed by atoms with E-state index >= 15 is 0 Å². The number of amides is 1. The van der Waals surface area contributed by atoms with Crippen LogP contribution >= 0.6 is 0 Å². The van der Waals surface area contributed by atoms with Crippen LogP contribution in [0.5, 0.6) is 5.88 Å². The van der Waals surface area contributed by atoms with Gasteiger partial charge in [0.2, 0.25) is 5.88 Å². The maximum Gasteiger partial charge on any atom is 0.252 e. The first-order chi connectivity index (χ1) is 8.27.